The van der Waals surface area contributed by atoms with Crippen LogP contribution in [0.2, 0.25) is 0 Å². The summed E-state index contributed by atoms with van der Waals surface area (Å²) >= 11 is 1.64. The second-order valence-corrected chi connectivity index (χ2v) is 14.8. The lowest BCUT2D eigenvalue weighted by molar-refractivity contribution is -0.131. The van der Waals surface area contributed by atoms with Crippen LogP contribution in [0.25, 0.3) is 0 Å². The van der Waals surface area contributed by atoms with Gasteiger partial charge in [0.25, 0.3) is 10.2 Å². The lowest BCUT2D eigenvalue weighted by Gasteiger charge is -2.44. The minimum atomic E-state index is -3.40. The first-order valence-electron chi connectivity index (χ1n) is 13.9. The van der Waals surface area contributed by atoms with Gasteiger partial charge in [0.2, 0.25) is 5.91 Å². The molecule has 5 aliphatic rings. The van der Waals surface area contributed by atoms with Crippen molar-refractivity contribution >= 4 is 27.9 Å². The number of ether oxygens (including phenoxy) is 1. The van der Waals surface area contributed by atoms with E-state index in [2.05, 4.69) is 28.9 Å². The maximum absolute atomic E-state index is 13.6. The molecule has 12 heteroatoms. The van der Waals surface area contributed by atoms with Gasteiger partial charge in [-0.05, 0) is 63.7 Å². The van der Waals surface area contributed by atoms with E-state index in [0.717, 1.165) is 44.9 Å². The number of hydrogen-bond donors (Lipinski definition) is 3. The van der Waals surface area contributed by atoms with Crippen molar-refractivity contribution in [1.29, 1.82) is 5.26 Å². The summed E-state index contributed by atoms with van der Waals surface area (Å²) in [6.07, 6.45) is 6.10. The Bertz CT molecular complexity index is 971. The molecule has 208 valence electrons. The van der Waals surface area contributed by atoms with E-state index in [1.165, 1.54) is 0 Å². The standard InChI is InChI=1S/C25H42N6O4S2/c1-16-11-18(19-12-17(13-26)5-6-22(19)35-2)20(14-27-16)24(32)29-25-28-21-7-10-31(15-23(21)36-25)37(33,34)30-8-3-4-9-30/h16-23,25,27-28H,3-12,14-15H2,1-2H3,(H,29,32). The summed E-state index contributed by atoms with van der Waals surface area (Å²) in [5.74, 6) is 0.226. The first-order chi connectivity index (χ1) is 17.8. The number of amides is 1. The van der Waals surface area contributed by atoms with Gasteiger partial charge in [0.05, 0.1) is 18.1 Å². The van der Waals surface area contributed by atoms with E-state index in [9.17, 15) is 18.5 Å². The Balaban J connectivity index is 1.22. The van der Waals surface area contributed by atoms with Crippen LogP contribution in [0.15, 0.2) is 0 Å². The van der Waals surface area contributed by atoms with E-state index < -0.39 is 10.2 Å². The molecular formula is C25H42N6O4S2. The number of thioether (sulfide) groups is 1. The molecule has 5 rings (SSSR count). The average molecular weight is 555 g/mol. The van der Waals surface area contributed by atoms with Gasteiger partial charge in [0.15, 0.2) is 0 Å². The quantitative estimate of drug-likeness (QED) is 0.445. The van der Waals surface area contributed by atoms with Crippen LogP contribution in [0.1, 0.15) is 51.9 Å². The first-order valence-corrected chi connectivity index (χ1v) is 16.3. The molecule has 1 amide bonds. The second kappa shape index (κ2) is 11.7. The minimum Gasteiger partial charge on any atom is -0.381 e. The van der Waals surface area contributed by atoms with Crippen molar-refractivity contribution in [3.8, 4) is 6.07 Å². The summed E-state index contributed by atoms with van der Waals surface area (Å²) in [4.78, 5) is 13.6. The molecule has 0 aromatic carbocycles. The van der Waals surface area contributed by atoms with Crippen LogP contribution in [0.5, 0.6) is 0 Å². The Morgan fingerprint density at radius 3 is 2.62 bits per heavy atom. The number of nitriles is 1. The summed E-state index contributed by atoms with van der Waals surface area (Å²) in [5.41, 5.74) is -0.228. The lowest BCUT2D eigenvalue weighted by atomic mass is 9.66. The third kappa shape index (κ3) is 5.83. The first kappa shape index (κ1) is 27.6. The molecule has 9 unspecified atom stereocenters. The molecule has 4 saturated heterocycles. The molecular weight excluding hydrogens is 512 g/mol. The van der Waals surface area contributed by atoms with E-state index in [-0.39, 0.29) is 52.5 Å². The molecule has 0 radical (unpaired) electrons. The molecule has 10 nitrogen and oxygen atoms in total. The zero-order valence-electron chi connectivity index (χ0n) is 22.0. The highest BCUT2D eigenvalue weighted by atomic mass is 32.2. The largest absolute Gasteiger partial charge is 0.381 e. The normalized spacial score (nSPS) is 41.7. The van der Waals surface area contributed by atoms with Gasteiger partial charge in [-0.3, -0.25) is 10.1 Å². The molecule has 5 fully saturated rings. The highest BCUT2D eigenvalue weighted by Gasteiger charge is 2.47. The van der Waals surface area contributed by atoms with Crippen molar-refractivity contribution in [3.63, 3.8) is 0 Å². The predicted octanol–water partition coefficient (Wildman–Crippen LogP) is 1.08. The number of methoxy groups -OCH3 is 1. The molecule has 0 spiro atoms. The van der Waals surface area contributed by atoms with Crippen molar-refractivity contribution in [3.05, 3.63) is 0 Å². The van der Waals surface area contributed by atoms with Crippen molar-refractivity contribution in [1.82, 2.24) is 24.6 Å². The van der Waals surface area contributed by atoms with E-state index in [4.69, 9.17) is 4.74 Å². The summed E-state index contributed by atoms with van der Waals surface area (Å²) in [6, 6.07) is 2.96. The molecule has 9 atom stereocenters. The Morgan fingerprint density at radius 2 is 1.89 bits per heavy atom. The predicted molar refractivity (Wildman–Crippen MR) is 142 cm³/mol. The Hall–Kier alpha value is -0.940. The summed E-state index contributed by atoms with van der Waals surface area (Å²) in [7, 11) is -1.65. The third-order valence-electron chi connectivity index (χ3n) is 9.22. The van der Waals surface area contributed by atoms with Crippen LogP contribution < -0.4 is 16.0 Å². The molecule has 4 heterocycles. The Morgan fingerprint density at radius 1 is 1.11 bits per heavy atom. The minimum absolute atomic E-state index is 0.0280. The van der Waals surface area contributed by atoms with Crippen LogP contribution in [0.3, 0.4) is 0 Å². The van der Waals surface area contributed by atoms with E-state index in [0.29, 0.717) is 38.8 Å². The SMILES string of the molecule is COC1CCC(C#N)CC1C1CC(C)NCC1C(=O)NC1NC2CCN(S(=O)(=O)N3CCCC3)CC2S1. The van der Waals surface area contributed by atoms with Gasteiger partial charge in [-0.25, -0.2) is 0 Å². The highest BCUT2D eigenvalue weighted by molar-refractivity contribution is 8.00. The van der Waals surface area contributed by atoms with Crippen molar-refractivity contribution in [2.24, 2.45) is 23.7 Å². The van der Waals surface area contributed by atoms with Crippen molar-refractivity contribution < 1.29 is 17.9 Å². The number of nitrogens with one attached hydrogen (secondary N) is 3. The molecule has 1 saturated carbocycles. The van der Waals surface area contributed by atoms with Crippen LogP contribution in [-0.4, -0.2) is 91.7 Å². The maximum atomic E-state index is 13.6. The monoisotopic (exact) mass is 554 g/mol. The van der Waals surface area contributed by atoms with Gasteiger partial charge in [0, 0.05) is 63.1 Å². The lowest BCUT2D eigenvalue weighted by Crippen LogP contribution is -2.56. The maximum Gasteiger partial charge on any atom is 0.282 e. The number of fused-ring (bicyclic) bond motifs is 1. The van der Waals surface area contributed by atoms with Crippen molar-refractivity contribution in [2.45, 2.75) is 80.8 Å². The number of nitrogens with zero attached hydrogens (tertiary/aromatic N) is 3. The summed E-state index contributed by atoms with van der Waals surface area (Å²) in [6.45, 7) is 5.01. The van der Waals surface area contributed by atoms with E-state index >= 15 is 0 Å². The Labute approximate surface area is 225 Å². The van der Waals surface area contributed by atoms with Crippen LogP contribution in [-0.2, 0) is 19.7 Å². The third-order valence-corrected chi connectivity index (χ3v) is 12.6. The van der Waals surface area contributed by atoms with Gasteiger partial charge in [-0.1, -0.05) is 0 Å². The average Bonchev–Trinajstić information content (AvgIpc) is 3.58. The van der Waals surface area contributed by atoms with E-state index in [1.54, 1.807) is 27.5 Å². The number of piperidine rings is 2. The molecule has 0 aromatic heterocycles. The Kier molecular flexibility index (Phi) is 8.70. The fourth-order valence-corrected chi connectivity index (χ4v) is 10.4. The molecule has 3 N–H and O–H groups in total. The van der Waals surface area contributed by atoms with Crippen LogP contribution in [0, 0.1) is 35.0 Å². The fraction of sp³-hybridized carbons (Fsp3) is 0.920. The van der Waals surface area contributed by atoms with Gasteiger partial charge in [-0.15, -0.1) is 11.8 Å². The molecule has 1 aliphatic carbocycles. The zero-order valence-corrected chi connectivity index (χ0v) is 23.6. The number of carbonyl (C=O) groups excluding carboxylic acids is 1. The zero-order chi connectivity index (χ0) is 26.2. The van der Waals surface area contributed by atoms with Crippen LogP contribution >= 0.6 is 11.8 Å². The fourth-order valence-electron chi connectivity index (χ4n) is 7.16. The van der Waals surface area contributed by atoms with Gasteiger partial charge >= 0.3 is 0 Å². The topological polar surface area (TPSA) is 127 Å². The molecule has 0 bridgehead atoms. The van der Waals surface area contributed by atoms with Crippen LogP contribution in [0.4, 0.5) is 0 Å². The molecule has 4 aliphatic heterocycles. The highest BCUT2D eigenvalue weighted by Crippen LogP contribution is 2.42. The van der Waals surface area contributed by atoms with Crippen molar-refractivity contribution in [2.75, 3.05) is 39.8 Å². The van der Waals surface area contributed by atoms with Gasteiger partial charge in [0.1, 0.15) is 5.50 Å². The smallest absolute Gasteiger partial charge is 0.282 e. The number of rotatable bonds is 6. The second-order valence-electron chi connectivity index (χ2n) is 11.5. The summed E-state index contributed by atoms with van der Waals surface area (Å²) in [5, 5.41) is 20.0. The number of carbonyl (C=O) groups is 1. The van der Waals surface area contributed by atoms with E-state index in [1.807, 2.05) is 0 Å². The number of hydrogen-bond acceptors (Lipinski definition) is 8. The molecule has 0 aromatic rings. The molecule has 37 heavy (non-hydrogen) atoms. The summed E-state index contributed by atoms with van der Waals surface area (Å²) < 4.78 is 35.2. The van der Waals surface area contributed by atoms with Gasteiger partial charge < -0.3 is 15.4 Å². The van der Waals surface area contributed by atoms with Gasteiger partial charge in [-0.2, -0.15) is 22.3 Å².